The molecule has 0 aliphatic rings. The lowest BCUT2D eigenvalue weighted by Gasteiger charge is -2.12. The third kappa shape index (κ3) is 4.56. The average molecular weight is 384 g/mol. The molecule has 118 valence electrons. The van der Waals surface area contributed by atoms with E-state index in [9.17, 15) is 8.42 Å². The molecule has 2 rings (SSSR count). The number of nitrogens with one attached hydrogen (secondary N) is 1. The smallest absolute Gasteiger partial charge is 0.244 e. The van der Waals surface area contributed by atoms with Crippen LogP contribution in [0.5, 0.6) is 5.75 Å². The summed E-state index contributed by atoms with van der Waals surface area (Å²) in [5.41, 5.74) is 1.09. The number of rotatable bonds is 7. The van der Waals surface area contributed by atoms with Gasteiger partial charge in [-0.05, 0) is 37.1 Å². The van der Waals surface area contributed by atoms with Crippen molar-refractivity contribution in [2.45, 2.75) is 18.2 Å². The number of sulfonamides is 1. The van der Waals surface area contributed by atoms with E-state index in [1.54, 1.807) is 18.2 Å². The molecule has 0 aliphatic heterocycles. The summed E-state index contributed by atoms with van der Waals surface area (Å²) in [4.78, 5) is 0.150. The van der Waals surface area contributed by atoms with Gasteiger partial charge in [-0.25, -0.2) is 13.1 Å². The zero-order chi connectivity index (χ0) is 16.0. The van der Waals surface area contributed by atoms with Crippen LogP contribution in [-0.2, 0) is 16.4 Å². The molecule has 22 heavy (non-hydrogen) atoms. The molecule has 0 amide bonds. The van der Waals surface area contributed by atoms with Gasteiger partial charge in [-0.2, -0.15) is 0 Å². The van der Waals surface area contributed by atoms with Crippen molar-refractivity contribution in [2.75, 3.05) is 13.2 Å². The molecule has 0 fully saturated rings. The van der Waals surface area contributed by atoms with Crippen LogP contribution in [-0.4, -0.2) is 21.6 Å². The Balaban J connectivity index is 2.11. The Kier molecular flexibility index (Phi) is 5.99. The molecule has 0 radical (unpaired) electrons. The molecular formula is C16H18BrNO3S. The van der Waals surface area contributed by atoms with E-state index in [1.807, 2.05) is 37.3 Å². The topological polar surface area (TPSA) is 55.4 Å². The average Bonchev–Trinajstić information content (AvgIpc) is 2.50. The molecule has 6 heteroatoms. The standard InChI is InChI=1S/C16H18BrNO3S/c1-2-21-15-9-8-14(17)12-16(15)22(19,20)18-11-10-13-6-4-3-5-7-13/h3-9,12,18H,2,10-11H2,1H3. The third-order valence-corrected chi connectivity index (χ3v) is 5.02. The molecule has 0 atom stereocenters. The Morgan fingerprint density at radius 2 is 1.86 bits per heavy atom. The van der Waals surface area contributed by atoms with Crippen molar-refractivity contribution >= 4 is 26.0 Å². The van der Waals surface area contributed by atoms with Crippen LogP contribution < -0.4 is 9.46 Å². The van der Waals surface area contributed by atoms with Crippen LogP contribution in [0.15, 0.2) is 57.9 Å². The Labute approximate surface area is 139 Å². The summed E-state index contributed by atoms with van der Waals surface area (Å²) in [6, 6.07) is 14.7. The van der Waals surface area contributed by atoms with Gasteiger partial charge >= 0.3 is 0 Å². The summed E-state index contributed by atoms with van der Waals surface area (Å²) in [5.74, 6) is 0.359. The molecule has 4 nitrogen and oxygen atoms in total. The zero-order valence-corrected chi connectivity index (χ0v) is 14.7. The predicted molar refractivity (Wildman–Crippen MR) is 90.6 cm³/mol. The van der Waals surface area contributed by atoms with Gasteiger partial charge in [-0.15, -0.1) is 0 Å². The first-order valence-corrected chi connectivity index (χ1v) is 9.26. The maximum Gasteiger partial charge on any atom is 0.244 e. The van der Waals surface area contributed by atoms with Crippen molar-refractivity contribution in [3.63, 3.8) is 0 Å². The van der Waals surface area contributed by atoms with Gasteiger partial charge in [0.1, 0.15) is 10.6 Å². The van der Waals surface area contributed by atoms with Crippen LogP contribution >= 0.6 is 15.9 Å². The minimum absolute atomic E-state index is 0.150. The van der Waals surface area contributed by atoms with E-state index < -0.39 is 10.0 Å². The highest BCUT2D eigenvalue weighted by molar-refractivity contribution is 9.10. The first-order valence-electron chi connectivity index (χ1n) is 6.99. The zero-order valence-electron chi connectivity index (χ0n) is 12.3. The summed E-state index contributed by atoms with van der Waals surface area (Å²) in [5, 5.41) is 0. The molecule has 0 bridgehead atoms. The van der Waals surface area contributed by atoms with Gasteiger partial charge in [0.2, 0.25) is 10.0 Å². The lowest BCUT2D eigenvalue weighted by Crippen LogP contribution is -2.26. The number of hydrogen-bond acceptors (Lipinski definition) is 3. The monoisotopic (exact) mass is 383 g/mol. The lowest BCUT2D eigenvalue weighted by atomic mass is 10.2. The summed E-state index contributed by atoms with van der Waals surface area (Å²) in [6.07, 6.45) is 0.637. The molecule has 2 aromatic rings. The van der Waals surface area contributed by atoms with Crippen molar-refractivity contribution in [1.82, 2.24) is 4.72 Å². The predicted octanol–water partition coefficient (Wildman–Crippen LogP) is 3.37. The summed E-state index contributed by atoms with van der Waals surface area (Å²) in [6.45, 7) is 2.57. The minimum Gasteiger partial charge on any atom is -0.492 e. The summed E-state index contributed by atoms with van der Waals surface area (Å²) in [7, 11) is -3.61. The van der Waals surface area contributed by atoms with E-state index in [4.69, 9.17) is 4.74 Å². The van der Waals surface area contributed by atoms with Gasteiger partial charge in [-0.1, -0.05) is 46.3 Å². The highest BCUT2D eigenvalue weighted by Gasteiger charge is 2.19. The van der Waals surface area contributed by atoms with Crippen LogP contribution in [0, 0.1) is 0 Å². The van der Waals surface area contributed by atoms with Gasteiger partial charge in [0, 0.05) is 11.0 Å². The highest BCUT2D eigenvalue weighted by Crippen LogP contribution is 2.27. The third-order valence-electron chi connectivity index (χ3n) is 3.04. The molecule has 1 N–H and O–H groups in total. The Morgan fingerprint density at radius 1 is 1.14 bits per heavy atom. The molecule has 0 unspecified atom stereocenters. The molecule has 0 saturated heterocycles. The molecule has 0 spiro atoms. The van der Waals surface area contributed by atoms with Crippen LogP contribution in [0.2, 0.25) is 0 Å². The fraction of sp³-hybridized carbons (Fsp3) is 0.250. The summed E-state index contributed by atoms with van der Waals surface area (Å²) >= 11 is 3.30. The minimum atomic E-state index is -3.61. The normalized spacial score (nSPS) is 11.4. The second-order valence-corrected chi connectivity index (χ2v) is 7.31. The van der Waals surface area contributed by atoms with Crippen LogP contribution in [0.3, 0.4) is 0 Å². The first kappa shape index (κ1) is 17.0. The second-order valence-electron chi connectivity index (χ2n) is 4.66. The van der Waals surface area contributed by atoms with E-state index in [2.05, 4.69) is 20.7 Å². The van der Waals surface area contributed by atoms with Crippen molar-refractivity contribution in [3.05, 3.63) is 58.6 Å². The maximum absolute atomic E-state index is 12.5. The largest absolute Gasteiger partial charge is 0.492 e. The number of halogens is 1. The molecular weight excluding hydrogens is 366 g/mol. The number of benzene rings is 2. The van der Waals surface area contributed by atoms with Gasteiger partial charge in [-0.3, -0.25) is 0 Å². The summed E-state index contributed by atoms with van der Waals surface area (Å²) < 4.78 is 33.6. The quantitative estimate of drug-likeness (QED) is 0.797. The van der Waals surface area contributed by atoms with Crippen LogP contribution in [0.4, 0.5) is 0 Å². The van der Waals surface area contributed by atoms with E-state index in [1.165, 1.54) is 0 Å². The van der Waals surface area contributed by atoms with E-state index in [-0.39, 0.29) is 4.90 Å². The van der Waals surface area contributed by atoms with E-state index in [0.717, 1.165) is 5.56 Å². The lowest BCUT2D eigenvalue weighted by molar-refractivity contribution is 0.331. The van der Waals surface area contributed by atoms with Crippen molar-refractivity contribution in [1.29, 1.82) is 0 Å². The van der Waals surface area contributed by atoms with Crippen molar-refractivity contribution in [3.8, 4) is 5.75 Å². The molecule has 2 aromatic carbocycles. The van der Waals surface area contributed by atoms with Gasteiger partial charge in [0.05, 0.1) is 6.61 Å². The Hall–Kier alpha value is -1.37. The first-order chi connectivity index (χ1) is 10.5. The highest BCUT2D eigenvalue weighted by atomic mass is 79.9. The van der Waals surface area contributed by atoms with E-state index in [0.29, 0.717) is 29.8 Å². The molecule has 0 saturated carbocycles. The fourth-order valence-corrected chi connectivity index (χ4v) is 3.73. The van der Waals surface area contributed by atoms with Gasteiger partial charge in [0.15, 0.2) is 0 Å². The van der Waals surface area contributed by atoms with Crippen LogP contribution in [0.1, 0.15) is 12.5 Å². The van der Waals surface area contributed by atoms with E-state index >= 15 is 0 Å². The molecule has 0 aliphatic carbocycles. The number of ether oxygens (including phenoxy) is 1. The van der Waals surface area contributed by atoms with Crippen molar-refractivity contribution < 1.29 is 13.2 Å². The second kappa shape index (κ2) is 7.76. The SMILES string of the molecule is CCOc1ccc(Br)cc1S(=O)(=O)NCCc1ccccc1. The van der Waals surface area contributed by atoms with Crippen LogP contribution in [0.25, 0.3) is 0 Å². The fourth-order valence-electron chi connectivity index (χ4n) is 2.02. The van der Waals surface area contributed by atoms with Crippen molar-refractivity contribution in [2.24, 2.45) is 0 Å². The Bertz CT molecular complexity index is 717. The van der Waals surface area contributed by atoms with Gasteiger partial charge in [0.25, 0.3) is 0 Å². The molecule has 0 heterocycles. The number of hydrogen-bond donors (Lipinski definition) is 1. The Morgan fingerprint density at radius 3 is 2.55 bits per heavy atom. The van der Waals surface area contributed by atoms with Gasteiger partial charge < -0.3 is 4.74 Å². The maximum atomic E-state index is 12.5. The molecule has 0 aromatic heterocycles.